The number of halogens is 3. The molecule has 2 fully saturated rings. The molecule has 0 radical (unpaired) electrons. The highest BCUT2D eigenvalue weighted by Gasteiger charge is 2.41. The number of hydrogen-bond donors (Lipinski definition) is 1. The van der Waals surface area contributed by atoms with Gasteiger partial charge in [0.2, 0.25) is 0 Å². The Kier molecular flexibility index (Phi) is 6.63. The van der Waals surface area contributed by atoms with E-state index in [4.69, 9.17) is 14.3 Å². The summed E-state index contributed by atoms with van der Waals surface area (Å²) in [5.74, 6) is -1.66. The van der Waals surface area contributed by atoms with Crippen LogP contribution in [0.25, 0.3) is 0 Å². The van der Waals surface area contributed by atoms with Gasteiger partial charge in [-0.15, -0.1) is 0 Å². The number of likely N-dealkylation sites (tertiary alicyclic amines) is 2. The summed E-state index contributed by atoms with van der Waals surface area (Å²) in [5.41, 5.74) is 1.39. The molecule has 1 amide bonds. The number of fused-ring (bicyclic) bond motifs is 1. The summed E-state index contributed by atoms with van der Waals surface area (Å²) in [7, 11) is 0. The van der Waals surface area contributed by atoms with Crippen LogP contribution in [0.1, 0.15) is 29.0 Å². The smallest absolute Gasteiger partial charge is 0.475 e. The van der Waals surface area contributed by atoms with Gasteiger partial charge in [0, 0.05) is 25.7 Å². The Morgan fingerprint density at radius 2 is 2.03 bits per heavy atom. The first-order valence-corrected chi connectivity index (χ1v) is 10.1. The number of amides is 1. The molecule has 158 valence electrons. The highest BCUT2D eigenvalue weighted by molar-refractivity contribution is 7.07. The van der Waals surface area contributed by atoms with Crippen LogP contribution in [0.4, 0.5) is 13.2 Å². The van der Waals surface area contributed by atoms with E-state index in [-0.39, 0.29) is 5.91 Å². The molecule has 0 saturated carbocycles. The number of carbonyl (C=O) groups excluding carboxylic acids is 1. The number of nitrogens with zero attached hydrogens (tertiary/aromatic N) is 2. The van der Waals surface area contributed by atoms with Gasteiger partial charge in [-0.1, -0.05) is 0 Å². The van der Waals surface area contributed by atoms with E-state index in [0.29, 0.717) is 17.7 Å². The van der Waals surface area contributed by atoms with Crippen molar-refractivity contribution in [1.82, 2.24) is 9.80 Å². The van der Waals surface area contributed by atoms with Crippen LogP contribution < -0.4 is 0 Å². The molecule has 2 aromatic heterocycles. The van der Waals surface area contributed by atoms with E-state index >= 15 is 0 Å². The van der Waals surface area contributed by atoms with Gasteiger partial charge in [0.25, 0.3) is 5.91 Å². The van der Waals surface area contributed by atoms with Crippen LogP contribution in [0.3, 0.4) is 0 Å². The molecule has 0 spiro atoms. The number of carbonyl (C=O) groups is 2. The fraction of sp³-hybridized carbons (Fsp3) is 0.474. The number of carboxylic acid groups (broad SMARTS) is 1. The van der Waals surface area contributed by atoms with Gasteiger partial charge < -0.3 is 14.4 Å². The fourth-order valence-electron chi connectivity index (χ4n) is 3.81. The van der Waals surface area contributed by atoms with E-state index < -0.39 is 12.1 Å². The van der Waals surface area contributed by atoms with Gasteiger partial charge in [0.15, 0.2) is 5.76 Å². The zero-order chi connectivity index (χ0) is 21.0. The molecular weight excluding hydrogens is 409 g/mol. The van der Waals surface area contributed by atoms with Gasteiger partial charge in [-0.2, -0.15) is 24.5 Å². The van der Waals surface area contributed by atoms with Crippen molar-refractivity contribution < 1.29 is 32.3 Å². The summed E-state index contributed by atoms with van der Waals surface area (Å²) < 4.78 is 37.0. The molecule has 29 heavy (non-hydrogen) atoms. The van der Waals surface area contributed by atoms with E-state index in [2.05, 4.69) is 21.7 Å². The van der Waals surface area contributed by atoms with E-state index in [0.717, 1.165) is 26.2 Å². The standard InChI is InChI=1S/C17H20N2O2S.C2HF3O2/c20-17(16-4-2-7-21-16)19-10-14-3-1-6-18(15(14)11-19)9-13-5-8-22-12-13;3-2(4,5)1(6)7/h2,4-5,7-8,12,14-15H,1,3,6,9-11H2;(H,6,7)/t14-,15+;/m1./s1. The molecule has 0 aliphatic carbocycles. The quantitative estimate of drug-likeness (QED) is 0.804. The third kappa shape index (κ3) is 5.39. The largest absolute Gasteiger partial charge is 0.490 e. The topological polar surface area (TPSA) is 74.0 Å². The summed E-state index contributed by atoms with van der Waals surface area (Å²) in [6, 6.07) is 6.23. The number of alkyl halides is 3. The predicted molar refractivity (Wildman–Crippen MR) is 99.5 cm³/mol. The minimum absolute atomic E-state index is 0.0369. The Hall–Kier alpha value is -2.33. The third-order valence-electron chi connectivity index (χ3n) is 5.12. The average molecular weight is 430 g/mol. The Morgan fingerprint density at radius 1 is 1.28 bits per heavy atom. The maximum atomic E-state index is 12.5. The number of furan rings is 1. The van der Waals surface area contributed by atoms with Crippen molar-refractivity contribution in [2.75, 3.05) is 19.6 Å². The van der Waals surface area contributed by atoms with Crippen molar-refractivity contribution in [3.8, 4) is 0 Å². The second kappa shape index (κ2) is 9.00. The van der Waals surface area contributed by atoms with Crippen LogP contribution in [0.2, 0.25) is 0 Å². The molecular formula is C19H21F3N2O4S. The van der Waals surface area contributed by atoms with Crippen LogP contribution in [0.15, 0.2) is 39.6 Å². The molecule has 2 aromatic rings. The maximum Gasteiger partial charge on any atom is 0.490 e. The number of hydrogen-bond acceptors (Lipinski definition) is 5. The lowest BCUT2D eigenvalue weighted by molar-refractivity contribution is -0.192. The van der Waals surface area contributed by atoms with Crippen molar-refractivity contribution in [2.24, 2.45) is 5.92 Å². The lowest BCUT2D eigenvalue weighted by Gasteiger charge is -2.36. The second-order valence-corrected chi connectivity index (χ2v) is 7.84. The Morgan fingerprint density at radius 3 is 2.62 bits per heavy atom. The van der Waals surface area contributed by atoms with Crippen molar-refractivity contribution >= 4 is 23.2 Å². The van der Waals surface area contributed by atoms with Gasteiger partial charge in [0.05, 0.1) is 6.26 Å². The molecule has 2 atom stereocenters. The number of rotatable bonds is 3. The Bertz CT molecular complexity index is 808. The molecule has 0 aromatic carbocycles. The maximum absolute atomic E-state index is 12.5. The monoisotopic (exact) mass is 430 g/mol. The number of aliphatic carboxylic acids is 1. The lowest BCUT2D eigenvalue weighted by Crippen LogP contribution is -2.44. The first-order valence-electron chi connectivity index (χ1n) is 9.13. The van der Waals surface area contributed by atoms with Crippen LogP contribution in [0, 0.1) is 5.92 Å². The first-order chi connectivity index (χ1) is 13.8. The van der Waals surface area contributed by atoms with Crippen molar-refractivity contribution in [3.63, 3.8) is 0 Å². The molecule has 4 heterocycles. The van der Waals surface area contributed by atoms with Crippen LogP contribution in [0.5, 0.6) is 0 Å². The summed E-state index contributed by atoms with van der Waals surface area (Å²) in [4.78, 5) is 25.9. The molecule has 10 heteroatoms. The molecule has 2 aliphatic rings. The molecule has 1 N–H and O–H groups in total. The van der Waals surface area contributed by atoms with Gasteiger partial charge >= 0.3 is 12.1 Å². The zero-order valence-electron chi connectivity index (χ0n) is 15.5. The molecule has 2 aliphatic heterocycles. The summed E-state index contributed by atoms with van der Waals surface area (Å²) >= 11 is 1.75. The van der Waals surface area contributed by atoms with Crippen LogP contribution in [-0.4, -0.2) is 58.6 Å². The molecule has 0 unspecified atom stereocenters. The minimum Gasteiger partial charge on any atom is -0.475 e. The SMILES string of the molecule is O=C(O)C(F)(F)F.O=C(c1ccco1)N1C[C@H]2CCCN(Cc3ccsc3)[C@H]2C1. The minimum atomic E-state index is -5.08. The molecule has 4 rings (SSSR count). The molecule has 6 nitrogen and oxygen atoms in total. The van der Waals surface area contributed by atoms with Gasteiger partial charge in [-0.05, 0) is 59.8 Å². The lowest BCUT2D eigenvalue weighted by atomic mass is 9.92. The van der Waals surface area contributed by atoms with Crippen molar-refractivity contribution in [3.05, 3.63) is 46.5 Å². The predicted octanol–water partition coefficient (Wildman–Crippen LogP) is 3.71. The van der Waals surface area contributed by atoms with Crippen LogP contribution >= 0.6 is 11.3 Å². The Labute approximate surface area is 169 Å². The summed E-state index contributed by atoms with van der Waals surface area (Å²) in [6.45, 7) is 3.84. The number of carboxylic acids is 1. The highest BCUT2D eigenvalue weighted by Crippen LogP contribution is 2.32. The van der Waals surface area contributed by atoms with Crippen LogP contribution in [-0.2, 0) is 11.3 Å². The molecule has 2 saturated heterocycles. The summed E-state index contributed by atoms with van der Waals surface area (Å²) in [6.07, 6.45) is -1.06. The van der Waals surface area contributed by atoms with E-state index in [1.807, 2.05) is 4.90 Å². The van der Waals surface area contributed by atoms with E-state index in [9.17, 15) is 18.0 Å². The molecule has 0 bridgehead atoms. The Balaban J connectivity index is 0.000000298. The van der Waals surface area contributed by atoms with Gasteiger partial charge in [-0.3, -0.25) is 9.69 Å². The number of thiophene rings is 1. The van der Waals surface area contributed by atoms with Gasteiger partial charge in [0.1, 0.15) is 0 Å². The zero-order valence-corrected chi connectivity index (χ0v) is 16.3. The number of piperidine rings is 1. The normalized spacial score (nSPS) is 22.0. The fourth-order valence-corrected chi connectivity index (χ4v) is 4.47. The van der Waals surface area contributed by atoms with Crippen molar-refractivity contribution in [2.45, 2.75) is 31.6 Å². The van der Waals surface area contributed by atoms with Crippen molar-refractivity contribution in [1.29, 1.82) is 0 Å². The van der Waals surface area contributed by atoms with E-state index in [1.54, 1.807) is 29.7 Å². The van der Waals surface area contributed by atoms with Gasteiger partial charge in [-0.25, -0.2) is 4.79 Å². The summed E-state index contributed by atoms with van der Waals surface area (Å²) in [5, 5.41) is 11.5. The first kappa shape index (κ1) is 21.4. The highest BCUT2D eigenvalue weighted by atomic mass is 32.1. The van der Waals surface area contributed by atoms with E-state index in [1.165, 1.54) is 18.4 Å². The average Bonchev–Trinajstić information content (AvgIpc) is 3.42. The second-order valence-electron chi connectivity index (χ2n) is 7.06. The third-order valence-corrected chi connectivity index (χ3v) is 5.86.